The largest absolute Gasteiger partial charge is 0.416 e. The number of hydrazine groups is 1. The van der Waals surface area contributed by atoms with Gasteiger partial charge in [-0.15, -0.1) is 0 Å². The second kappa shape index (κ2) is 8.54. The van der Waals surface area contributed by atoms with Crippen LogP contribution < -0.4 is 0 Å². The lowest BCUT2D eigenvalue weighted by molar-refractivity contribution is -0.388. The Morgan fingerprint density at radius 2 is 1.81 bits per heavy atom. The molecule has 0 unspecified atom stereocenters. The van der Waals surface area contributed by atoms with Gasteiger partial charge in [0.2, 0.25) is 0 Å². The molecule has 1 saturated heterocycles. The number of Topliss-reactive ketones (excluding diaryl/α,β-unsaturated/α-hetero) is 1. The van der Waals surface area contributed by atoms with Gasteiger partial charge in [0.1, 0.15) is 4.90 Å². The van der Waals surface area contributed by atoms with Crippen LogP contribution in [0.5, 0.6) is 0 Å². The van der Waals surface area contributed by atoms with Crippen molar-refractivity contribution in [2.75, 3.05) is 32.7 Å². The normalized spacial score (nSPS) is 18.7. The Kier molecular flexibility index (Phi) is 5.97. The highest BCUT2D eigenvalue weighted by atomic mass is 32.2. The molecule has 164 valence electrons. The van der Waals surface area contributed by atoms with Gasteiger partial charge in [0.25, 0.3) is 5.69 Å². The van der Waals surface area contributed by atoms with Crippen LogP contribution in [0.15, 0.2) is 41.6 Å². The summed E-state index contributed by atoms with van der Waals surface area (Å²) in [6.07, 6.45) is -1.31. The molecule has 4 rings (SSSR count). The third kappa shape index (κ3) is 4.71. The number of aromatic nitrogens is 1. The smallest absolute Gasteiger partial charge is 0.296 e. The summed E-state index contributed by atoms with van der Waals surface area (Å²) in [4.78, 5) is 29.4. The summed E-state index contributed by atoms with van der Waals surface area (Å²) in [6, 6.07) is 5.09. The van der Waals surface area contributed by atoms with Crippen molar-refractivity contribution in [1.82, 2.24) is 19.3 Å². The van der Waals surface area contributed by atoms with Crippen LogP contribution in [0.2, 0.25) is 0 Å². The van der Waals surface area contributed by atoms with Crippen molar-refractivity contribution in [3.8, 4) is 0 Å². The number of nitro benzene ring substituents is 1. The third-order valence-corrected chi connectivity index (χ3v) is 6.37. The zero-order valence-corrected chi connectivity index (χ0v) is 17.0. The van der Waals surface area contributed by atoms with Crippen LogP contribution in [0.25, 0.3) is 0 Å². The number of hydrogen-bond donors (Lipinski definition) is 0. The molecule has 8 nitrogen and oxygen atoms in total. The SMILES string of the molecule is O=C1CN(N2CCN(Cc3ccncc3)CC2)Sc2c1cc(C(F)(F)F)cc2[N+](=O)[O-]. The second-order valence-corrected chi connectivity index (χ2v) is 8.25. The number of ketones is 1. The first-order chi connectivity index (χ1) is 14.7. The molecule has 2 aliphatic rings. The average molecular weight is 453 g/mol. The lowest BCUT2D eigenvalue weighted by Crippen LogP contribution is -2.53. The number of carbonyl (C=O) groups is 1. The maximum absolute atomic E-state index is 13.1. The number of nitrogens with zero attached hydrogens (tertiary/aromatic N) is 5. The highest BCUT2D eigenvalue weighted by molar-refractivity contribution is 7.97. The number of halogens is 3. The summed E-state index contributed by atoms with van der Waals surface area (Å²) in [6.45, 7) is 3.24. The van der Waals surface area contributed by atoms with E-state index in [0.717, 1.165) is 37.1 Å². The van der Waals surface area contributed by atoms with Crippen molar-refractivity contribution in [2.24, 2.45) is 0 Å². The molecule has 2 aromatic rings. The Labute approximate surface area is 179 Å². The molecule has 0 amide bonds. The number of nitro groups is 1. The molecular weight excluding hydrogens is 435 g/mol. The molecule has 31 heavy (non-hydrogen) atoms. The number of hydrogen-bond acceptors (Lipinski definition) is 8. The van der Waals surface area contributed by atoms with E-state index < -0.39 is 28.1 Å². The zero-order valence-electron chi connectivity index (χ0n) is 16.2. The van der Waals surface area contributed by atoms with Crippen LogP contribution >= 0.6 is 11.9 Å². The minimum atomic E-state index is -4.77. The maximum atomic E-state index is 13.1. The lowest BCUT2D eigenvalue weighted by atomic mass is 10.0. The van der Waals surface area contributed by atoms with E-state index in [9.17, 15) is 28.1 Å². The monoisotopic (exact) mass is 453 g/mol. The standard InChI is InChI=1S/C19H18F3N5O3S/c20-19(21,22)14-9-15-17(28)12-26(31-18(15)16(10-14)27(29)30)25-7-5-24(6-8-25)11-13-1-3-23-4-2-13/h1-4,9-10H,5-8,11-12H2. The fourth-order valence-electron chi connectivity index (χ4n) is 3.58. The van der Waals surface area contributed by atoms with Crippen LogP contribution in [0.3, 0.4) is 0 Å². The van der Waals surface area contributed by atoms with Crippen molar-refractivity contribution in [3.05, 3.63) is 63.5 Å². The van der Waals surface area contributed by atoms with Gasteiger partial charge in [-0.3, -0.25) is 24.8 Å². The van der Waals surface area contributed by atoms with Crippen molar-refractivity contribution >= 4 is 23.4 Å². The van der Waals surface area contributed by atoms with E-state index in [2.05, 4.69) is 9.88 Å². The molecule has 0 atom stereocenters. The number of benzene rings is 1. The van der Waals surface area contributed by atoms with Gasteiger partial charge in [-0.25, -0.2) is 5.01 Å². The Morgan fingerprint density at radius 1 is 1.13 bits per heavy atom. The zero-order chi connectivity index (χ0) is 22.2. The van der Waals surface area contributed by atoms with Crippen LogP contribution in [0.1, 0.15) is 21.5 Å². The fourth-order valence-corrected chi connectivity index (χ4v) is 4.75. The molecule has 1 fully saturated rings. The number of carbonyl (C=O) groups excluding carboxylic acids is 1. The number of piperazine rings is 1. The molecule has 0 N–H and O–H groups in total. The van der Waals surface area contributed by atoms with E-state index >= 15 is 0 Å². The summed E-state index contributed by atoms with van der Waals surface area (Å²) in [5, 5.41) is 13.3. The molecule has 1 aromatic carbocycles. The van der Waals surface area contributed by atoms with Gasteiger partial charge >= 0.3 is 6.18 Å². The van der Waals surface area contributed by atoms with E-state index in [-0.39, 0.29) is 17.0 Å². The molecule has 0 radical (unpaired) electrons. The van der Waals surface area contributed by atoms with Gasteiger partial charge in [0.15, 0.2) is 5.78 Å². The predicted octanol–water partition coefficient (Wildman–Crippen LogP) is 3.25. The molecule has 2 aliphatic heterocycles. The second-order valence-electron chi connectivity index (χ2n) is 7.24. The van der Waals surface area contributed by atoms with Crippen molar-refractivity contribution in [2.45, 2.75) is 17.6 Å². The predicted molar refractivity (Wildman–Crippen MR) is 106 cm³/mol. The molecule has 3 heterocycles. The van der Waals surface area contributed by atoms with Crippen LogP contribution in [-0.2, 0) is 12.7 Å². The van der Waals surface area contributed by atoms with Gasteiger partial charge in [-0.1, -0.05) is 0 Å². The minimum Gasteiger partial charge on any atom is -0.296 e. The van der Waals surface area contributed by atoms with Gasteiger partial charge in [-0.05, 0) is 35.7 Å². The topological polar surface area (TPSA) is 82.8 Å². The summed E-state index contributed by atoms with van der Waals surface area (Å²) in [5.41, 5.74) is -1.01. The average Bonchev–Trinajstić information content (AvgIpc) is 2.73. The first-order valence-corrected chi connectivity index (χ1v) is 10.2. The summed E-state index contributed by atoms with van der Waals surface area (Å²) in [5.74, 6) is -0.567. The first kappa shape index (κ1) is 21.7. The van der Waals surface area contributed by atoms with Crippen LogP contribution in [0.4, 0.5) is 18.9 Å². The van der Waals surface area contributed by atoms with Gasteiger partial charge in [-0.2, -0.15) is 17.6 Å². The molecule has 0 bridgehead atoms. The molecule has 1 aromatic heterocycles. The molecule has 0 saturated carbocycles. The highest BCUT2D eigenvalue weighted by Crippen LogP contribution is 2.43. The minimum absolute atomic E-state index is 0.0477. The Balaban J connectivity index is 1.49. The molecular formula is C19H18F3N5O3S. The van der Waals surface area contributed by atoms with Crippen LogP contribution in [-0.4, -0.2) is 62.7 Å². The highest BCUT2D eigenvalue weighted by Gasteiger charge is 2.39. The van der Waals surface area contributed by atoms with Crippen LogP contribution in [0, 0.1) is 10.1 Å². The lowest BCUT2D eigenvalue weighted by Gasteiger charge is -2.41. The van der Waals surface area contributed by atoms with E-state index in [1.807, 2.05) is 17.1 Å². The van der Waals surface area contributed by atoms with Gasteiger partial charge in [0.05, 0.1) is 17.0 Å². The Hall–Kier alpha value is -2.54. The van der Waals surface area contributed by atoms with Gasteiger partial charge < -0.3 is 0 Å². The molecule has 0 spiro atoms. The maximum Gasteiger partial charge on any atom is 0.416 e. The van der Waals surface area contributed by atoms with Crippen molar-refractivity contribution in [1.29, 1.82) is 0 Å². The number of rotatable bonds is 4. The number of pyridine rings is 1. The molecule has 12 heteroatoms. The van der Waals surface area contributed by atoms with E-state index in [1.165, 1.54) is 0 Å². The summed E-state index contributed by atoms with van der Waals surface area (Å²) < 4.78 is 41.0. The summed E-state index contributed by atoms with van der Waals surface area (Å²) in [7, 11) is 0. The number of alkyl halides is 3. The Bertz CT molecular complexity index is 980. The van der Waals surface area contributed by atoms with E-state index in [1.54, 1.807) is 16.8 Å². The van der Waals surface area contributed by atoms with Crippen molar-refractivity contribution < 1.29 is 22.9 Å². The molecule has 0 aliphatic carbocycles. The van der Waals surface area contributed by atoms with Crippen molar-refractivity contribution in [3.63, 3.8) is 0 Å². The fraction of sp³-hybridized carbons (Fsp3) is 0.368. The van der Waals surface area contributed by atoms with Gasteiger partial charge in [0, 0.05) is 56.7 Å². The van der Waals surface area contributed by atoms with E-state index in [0.29, 0.717) is 25.2 Å². The Morgan fingerprint density at radius 3 is 2.42 bits per heavy atom. The third-order valence-electron chi connectivity index (χ3n) is 5.19. The van der Waals surface area contributed by atoms with E-state index in [4.69, 9.17) is 0 Å². The quantitative estimate of drug-likeness (QED) is 0.397. The first-order valence-electron chi connectivity index (χ1n) is 9.47. The number of fused-ring (bicyclic) bond motifs is 1. The summed E-state index contributed by atoms with van der Waals surface area (Å²) >= 11 is 0.949.